The molecule has 1 aliphatic carbocycles. The molecule has 10 nitrogen and oxygen atoms in total. The van der Waals surface area contributed by atoms with Gasteiger partial charge in [0.1, 0.15) is 5.76 Å². The van der Waals surface area contributed by atoms with Gasteiger partial charge in [-0.25, -0.2) is 14.6 Å². The van der Waals surface area contributed by atoms with Crippen molar-refractivity contribution < 1.29 is 55.4 Å². The quantitative estimate of drug-likeness (QED) is 0.467. The molecule has 3 heterocycles. The van der Waals surface area contributed by atoms with Gasteiger partial charge in [0.15, 0.2) is 0 Å². The van der Waals surface area contributed by atoms with E-state index in [1.165, 1.54) is 29.8 Å². The van der Waals surface area contributed by atoms with Crippen molar-refractivity contribution in [3.05, 3.63) is 34.7 Å². The van der Waals surface area contributed by atoms with E-state index in [9.17, 15) is 26.3 Å². The zero-order valence-electron chi connectivity index (χ0n) is 21.5. The molecule has 16 heteroatoms. The highest BCUT2D eigenvalue weighted by molar-refractivity contribution is 5.73. The number of hydrogen-bond acceptors (Lipinski definition) is 7. The van der Waals surface area contributed by atoms with Gasteiger partial charge in [-0.15, -0.1) is 0 Å². The van der Waals surface area contributed by atoms with Gasteiger partial charge < -0.3 is 24.0 Å². The monoisotopic (exact) mass is 572 g/mol. The number of aliphatic carboxylic acids is 2. The van der Waals surface area contributed by atoms with Gasteiger partial charge >= 0.3 is 24.3 Å². The van der Waals surface area contributed by atoms with E-state index in [4.69, 9.17) is 34.0 Å². The highest BCUT2D eigenvalue weighted by Crippen LogP contribution is 2.35. The lowest BCUT2D eigenvalue weighted by Gasteiger charge is -2.33. The van der Waals surface area contributed by atoms with Gasteiger partial charge in [0, 0.05) is 50.0 Å². The molecule has 1 aliphatic heterocycles. The van der Waals surface area contributed by atoms with Crippen LogP contribution >= 0.6 is 0 Å². The molecule has 0 radical (unpaired) electrons. The van der Waals surface area contributed by atoms with Crippen LogP contribution in [0, 0.1) is 19.8 Å². The van der Waals surface area contributed by atoms with Crippen LogP contribution in [0.1, 0.15) is 54.1 Å². The molecule has 2 aromatic heterocycles. The van der Waals surface area contributed by atoms with Gasteiger partial charge in [-0.05, 0) is 39.5 Å². The summed E-state index contributed by atoms with van der Waals surface area (Å²) in [5.41, 5.74) is 4.80. The first kappa shape index (κ1) is 32.1. The lowest BCUT2D eigenvalue weighted by Crippen LogP contribution is -2.36. The Morgan fingerprint density at radius 1 is 1.10 bits per heavy atom. The number of ether oxygens (including phenoxy) is 1. The first-order valence-electron chi connectivity index (χ1n) is 11.9. The van der Waals surface area contributed by atoms with Crippen molar-refractivity contribution in [1.82, 2.24) is 19.6 Å². The van der Waals surface area contributed by atoms with E-state index in [-0.39, 0.29) is 0 Å². The number of carboxylic acids is 2. The molecule has 220 valence electrons. The zero-order chi connectivity index (χ0) is 29.5. The van der Waals surface area contributed by atoms with E-state index < -0.39 is 24.3 Å². The summed E-state index contributed by atoms with van der Waals surface area (Å²) >= 11 is 0. The van der Waals surface area contributed by atoms with Crippen molar-refractivity contribution >= 4 is 11.9 Å². The van der Waals surface area contributed by atoms with E-state index in [1.54, 1.807) is 0 Å². The molecule has 0 aromatic carbocycles. The zero-order valence-corrected chi connectivity index (χ0v) is 21.5. The van der Waals surface area contributed by atoms with Crippen LogP contribution in [0.25, 0.3) is 0 Å². The first-order chi connectivity index (χ1) is 18.0. The summed E-state index contributed by atoms with van der Waals surface area (Å²) in [7, 11) is 0. The molecular formula is C23H30F6N4O6. The lowest BCUT2D eigenvalue weighted by molar-refractivity contribution is -0.193. The molecule has 0 spiro atoms. The summed E-state index contributed by atoms with van der Waals surface area (Å²) in [5.74, 6) is -3.36. The van der Waals surface area contributed by atoms with Crippen LogP contribution in [0.15, 0.2) is 10.9 Å². The second-order valence-electron chi connectivity index (χ2n) is 9.11. The molecule has 1 fully saturated rings. The van der Waals surface area contributed by atoms with E-state index in [1.807, 2.05) is 20.2 Å². The number of halogens is 6. The van der Waals surface area contributed by atoms with Crippen LogP contribution in [0.3, 0.4) is 0 Å². The molecule has 2 N–H and O–H groups in total. The fourth-order valence-corrected chi connectivity index (χ4v) is 3.89. The number of carbonyl (C=O) groups is 2. The number of fused-ring (bicyclic) bond motifs is 1. The maximum Gasteiger partial charge on any atom is 0.490 e. The molecule has 0 amide bonds. The molecule has 2 aromatic rings. The summed E-state index contributed by atoms with van der Waals surface area (Å²) in [6, 6.07) is 0. The predicted octanol–water partition coefficient (Wildman–Crippen LogP) is 4.30. The number of hydrogen-bond donors (Lipinski definition) is 2. The molecule has 1 atom stereocenters. The Hall–Kier alpha value is -3.14. The molecule has 1 unspecified atom stereocenters. The smallest absolute Gasteiger partial charge is 0.475 e. The third-order valence-electron chi connectivity index (χ3n) is 5.92. The molecular weight excluding hydrogens is 542 g/mol. The minimum atomic E-state index is -5.08. The van der Waals surface area contributed by atoms with Gasteiger partial charge in [0.05, 0.1) is 24.3 Å². The van der Waals surface area contributed by atoms with Crippen molar-refractivity contribution in [3.63, 3.8) is 0 Å². The summed E-state index contributed by atoms with van der Waals surface area (Å²) in [4.78, 5) is 25.0. The Kier molecular flexibility index (Phi) is 10.9. The Balaban J connectivity index is 0.000000317. The van der Waals surface area contributed by atoms with Gasteiger partial charge in [-0.2, -0.15) is 26.3 Å². The second kappa shape index (κ2) is 13.3. The maximum absolute atomic E-state index is 10.6. The number of aryl methyl sites for hydroxylation is 2. The van der Waals surface area contributed by atoms with Crippen LogP contribution in [0.4, 0.5) is 26.3 Å². The van der Waals surface area contributed by atoms with Crippen LogP contribution in [0.2, 0.25) is 0 Å². The van der Waals surface area contributed by atoms with Crippen LogP contribution in [-0.2, 0) is 34.0 Å². The largest absolute Gasteiger partial charge is 0.490 e. The maximum atomic E-state index is 10.6. The minimum absolute atomic E-state index is 0.380. The standard InChI is InChI=1S/C19H28N4O2.2C2HF3O2/c1-4-24-11-16-8-22(9-17-13(2)21-25-14(17)3)10-18-19(16)23(12-20-18)7-15-5-6-15;2*3-2(4,5)1(6)7/h12,15-16H,4-11H2,1-3H3;2*(H,6,7). The minimum Gasteiger partial charge on any atom is -0.475 e. The molecule has 0 saturated heterocycles. The third kappa shape index (κ3) is 9.84. The normalized spacial score (nSPS) is 17.4. The average Bonchev–Trinajstić information content (AvgIpc) is 3.48. The number of imidazole rings is 1. The highest BCUT2D eigenvalue weighted by Gasteiger charge is 2.39. The lowest BCUT2D eigenvalue weighted by atomic mass is 9.98. The fraction of sp³-hybridized carbons (Fsp3) is 0.652. The summed E-state index contributed by atoms with van der Waals surface area (Å²) in [6.45, 7) is 11.5. The SMILES string of the molecule is CCOCC1CN(Cc2c(C)noc2C)Cc2ncn(CC3CC3)c21.O=C(O)C(F)(F)F.O=C(O)C(F)(F)F. The molecule has 4 rings (SSSR count). The van der Waals surface area contributed by atoms with Gasteiger partial charge in [-0.1, -0.05) is 5.16 Å². The van der Waals surface area contributed by atoms with Crippen molar-refractivity contribution in [2.45, 2.75) is 71.5 Å². The van der Waals surface area contributed by atoms with Crippen molar-refractivity contribution in [2.24, 2.45) is 5.92 Å². The van der Waals surface area contributed by atoms with E-state index in [0.717, 1.165) is 56.8 Å². The van der Waals surface area contributed by atoms with Crippen molar-refractivity contribution in [1.29, 1.82) is 0 Å². The van der Waals surface area contributed by atoms with Crippen molar-refractivity contribution in [3.8, 4) is 0 Å². The Morgan fingerprint density at radius 2 is 1.67 bits per heavy atom. The number of alkyl halides is 6. The van der Waals surface area contributed by atoms with Gasteiger partial charge in [-0.3, -0.25) is 4.90 Å². The predicted molar refractivity (Wildman–Crippen MR) is 122 cm³/mol. The van der Waals surface area contributed by atoms with Crippen molar-refractivity contribution in [2.75, 3.05) is 19.8 Å². The summed E-state index contributed by atoms with van der Waals surface area (Å²) in [6.07, 6.45) is -5.40. The number of rotatable bonds is 7. The third-order valence-corrected chi connectivity index (χ3v) is 5.92. The summed E-state index contributed by atoms with van der Waals surface area (Å²) < 4.78 is 77.0. The molecule has 1 saturated carbocycles. The fourth-order valence-electron chi connectivity index (χ4n) is 3.89. The van der Waals surface area contributed by atoms with E-state index >= 15 is 0 Å². The topological polar surface area (TPSA) is 131 Å². The Bertz CT molecular complexity index is 1070. The highest BCUT2D eigenvalue weighted by atomic mass is 19.4. The van der Waals surface area contributed by atoms with E-state index in [2.05, 4.69) is 21.5 Å². The average molecular weight is 573 g/mol. The van der Waals surface area contributed by atoms with Crippen LogP contribution in [-0.4, -0.2) is 73.9 Å². The molecule has 2 aliphatic rings. The van der Waals surface area contributed by atoms with Crippen LogP contribution < -0.4 is 0 Å². The Labute approximate surface area is 219 Å². The van der Waals surface area contributed by atoms with E-state index in [0.29, 0.717) is 5.92 Å². The molecule has 39 heavy (non-hydrogen) atoms. The molecule has 0 bridgehead atoms. The Morgan fingerprint density at radius 3 is 2.10 bits per heavy atom. The number of carboxylic acid groups (broad SMARTS) is 2. The number of aromatic nitrogens is 3. The number of nitrogens with zero attached hydrogens (tertiary/aromatic N) is 4. The second-order valence-corrected chi connectivity index (χ2v) is 9.11. The van der Waals surface area contributed by atoms with Gasteiger partial charge in [0.2, 0.25) is 0 Å². The summed E-state index contributed by atoms with van der Waals surface area (Å²) in [5, 5.41) is 18.3. The first-order valence-corrected chi connectivity index (χ1v) is 11.9. The van der Waals surface area contributed by atoms with Gasteiger partial charge in [0.25, 0.3) is 0 Å². The van der Waals surface area contributed by atoms with Crippen LogP contribution in [0.5, 0.6) is 0 Å².